The fraction of sp³-hybridized carbons (Fsp3) is 0.462. The van der Waals surface area contributed by atoms with Crippen LogP contribution in [0.15, 0.2) is 48.5 Å². The molecule has 172 valence electrons. The first-order valence-electron chi connectivity index (χ1n) is 11.5. The standard InChI is InChI=1S/C26H34N2O4/c1-3-22-8-4-5-9-24(22)32-20-26(30)28-16-7-15-27(17-18-28)25(29)10-6-19-31-23-13-11-21(2)12-14-23/h4-5,8-9,11-14H,3,6-7,10,15-20H2,1-2H3. The van der Waals surface area contributed by atoms with Gasteiger partial charge in [0.05, 0.1) is 6.61 Å². The van der Waals surface area contributed by atoms with Gasteiger partial charge < -0.3 is 19.3 Å². The average molecular weight is 439 g/mol. The van der Waals surface area contributed by atoms with Crippen LogP contribution in [0.4, 0.5) is 0 Å². The van der Waals surface area contributed by atoms with Crippen molar-refractivity contribution in [2.24, 2.45) is 0 Å². The number of aryl methyl sites for hydroxylation is 2. The number of hydrogen-bond acceptors (Lipinski definition) is 4. The zero-order valence-corrected chi connectivity index (χ0v) is 19.2. The van der Waals surface area contributed by atoms with Crippen LogP contribution >= 0.6 is 0 Å². The highest BCUT2D eigenvalue weighted by Gasteiger charge is 2.22. The molecule has 0 saturated carbocycles. The minimum Gasteiger partial charge on any atom is -0.494 e. The normalized spacial score (nSPS) is 14.1. The van der Waals surface area contributed by atoms with Crippen LogP contribution in [-0.2, 0) is 16.0 Å². The van der Waals surface area contributed by atoms with Gasteiger partial charge in [0.15, 0.2) is 6.61 Å². The third-order valence-corrected chi connectivity index (χ3v) is 5.73. The van der Waals surface area contributed by atoms with Crippen molar-refractivity contribution in [2.75, 3.05) is 39.4 Å². The number of carbonyl (C=O) groups excluding carboxylic acids is 2. The fourth-order valence-electron chi connectivity index (χ4n) is 3.79. The summed E-state index contributed by atoms with van der Waals surface area (Å²) >= 11 is 0. The van der Waals surface area contributed by atoms with Crippen LogP contribution in [0.3, 0.4) is 0 Å². The van der Waals surface area contributed by atoms with Crippen LogP contribution in [0.2, 0.25) is 0 Å². The van der Waals surface area contributed by atoms with Crippen molar-refractivity contribution in [3.8, 4) is 11.5 Å². The minimum atomic E-state index is -0.0308. The highest BCUT2D eigenvalue weighted by atomic mass is 16.5. The molecule has 1 saturated heterocycles. The maximum Gasteiger partial charge on any atom is 0.260 e. The maximum absolute atomic E-state index is 12.6. The minimum absolute atomic E-state index is 0.0291. The van der Waals surface area contributed by atoms with E-state index < -0.39 is 0 Å². The number of hydrogen-bond donors (Lipinski definition) is 0. The summed E-state index contributed by atoms with van der Waals surface area (Å²) in [6.45, 7) is 7.10. The van der Waals surface area contributed by atoms with Gasteiger partial charge in [0, 0.05) is 32.6 Å². The van der Waals surface area contributed by atoms with E-state index in [0.717, 1.165) is 29.9 Å². The Bertz CT molecular complexity index is 882. The molecule has 1 aliphatic rings. The molecule has 0 aromatic heterocycles. The SMILES string of the molecule is CCc1ccccc1OCC(=O)N1CCCN(C(=O)CCCOc2ccc(C)cc2)CC1. The molecule has 6 nitrogen and oxygen atoms in total. The lowest BCUT2D eigenvalue weighted by Gasteiger charge is -2.22. The van der Waals surface area contributed by atoms with E-state index >= 15 is 0 Å². The summed E-state index contributed by atoms with van der Waals surface area (Å²) in [5.41, 5.74) is 2.29. The molecule has 2 aromatic carbocycles. The van der Waals surface area contributed by atoms with Crippen molar-refractivity contribution in [1.82, 2.24) is 9.80 Å². The Kier molecular flexibility index (Phi) is 8.96. The molecule has 1 aliphatic heterocycles. The van der Waals surface area contributed by atoms with E-state index in [0.29, 0.717) is 45.6 Å². The average Bonchev–Trinajstić information content (AvgIpc) is 3.08. The summed E-state index contributed by atoms with van der Waals surface area (Å²) in [7, 11) is 0. The van der Waals surface area contributed by atoms with Gasteiger partial charge in [-0.15, -0.1) is 0 Å². The van der Waals surface area contributed by atoms with Crippen LogP contribution in [0.1, 0.15) is 37.3 Å². The van der Waals surface area contributed by atoms with Crippen LogP contribution in [0.25, 0.3) is 0 Å². The Morgan fingerprint density at radius 1 is 0.875 bits per heavy atom. The maximum atomic E-state index is 12.6. The van der Waals surface area contributed by atoms with Crippen LogP contribution in [-0.4, -0.2) is 61.0 Å². The van der Waals surface area contributed by atoms with E-state index in [9.17, 15) is 9.59 Å². The van der Waals surface area contributed by atoms with Crippen molar-refractivity contribution in [3.05, 3.63) is 59.7 Å². The molecule has 1 heterocycles. The number of nitrogens with zero attached hydrogens (tertiary/aromatic N) is 2. The molecule has 0 N–H and O–H groups in total. The number of benzene rings is 2. The highest BCUT2D eigenvalue weighted by molar-refractivity contribution is 5.78. The largest absolute Gasteiger partial charge is 0.494 e. The Hall–Kier alpha value is -3.02. The van der Waals surface area contributed by atoms with E-state index in [1.165, 1.54) is 5.56 Å². The third-order valence-electron chi connectivity index (χ3n) is 5.73. The summed E-state index contributed by atoms with van der Waals surface area (Å²) in [6.07, 6.45) is 2.78. The van der Waals surface area contributed by atoms with Gasteiger partial charge in [-0.25, -0.2) is 0 Å². The molecular weight excluding hydrogens is 404 g/mol. The number of ether oxygens (including phenoxy) is 2. The molecule has 3 rings (SSSR count). The Labute approximate surface area is 191 Å². The van der Waals surface area contributed by atoms with Gasteiger partial charge in [-0.2, -0.15) is 0 Å². The molecule has 0 atom stereocenters. The monoisotopic (exact) mass is 438 g/mol. The van der Waals surface area contributed by atoms with E-state index in [2.05, 4.69) is 6.92 Å². The molecule has 2 aromatic rings. The summed E-state index contributed by atoms with van der Waals surface area (Å²) in [5.74, 6) is 1.69. The first kappa shape index (κ1) is 23.6. The smallest absolute Gasteiger partial charge is 0.260 e. The van der Waals surface area contributed by atoms with Gasteiger partial charge in [0.2, 0.25) is 5.91 Å². The van der Waals surface area contributed by atoms with Gasteiger partial charge in [0.25, 0.3) is 5.91 Å². The lowest BCUT2D eigenvalue weighted by atomic mass is 10.1. The van der Waals surface area contributed by atoms with Gasteiger partial charge in [-0.1, -0.05) is 42.8 Å². The van der Waals surface area contributed by atoms with E-state index in [-0.39, 0.29) is 18.4 Å². The van der Waals surface area contributed by atoms with E-state index in [4.69, 9.17) is 9.47 Å². The van der Waals surface area contributed by atoms with Gasteiger partial charge in [0.1, 0.15) is 11.5 Å². The molecule has 1 fully saturated rings. The van der Waals surface area contributed by atoms with E-state index in [1.54, 1.807) is 0 Å². The Balaban J connectivity index is 1.38. The second-order valence-corrected chi connectivity index (χ2v) is 8.13. The molecule has 0 aliphatic carbocycles. The van der Waals surface area contributed by atoms with Gasteiger partial charge in [-0.05, 0) is 49.9 Å². The van der Waals surface area contributed by atoms with Crippen molar-refractivity contribution < 1.29 is 19.1 Å². The molecule has 0 radical (unpaired) electrons. The zero-order chi connectivity index (χ0) is 22.8. The van der Waals surface area contributed by atoms with Crippen molar-refractivity contribution in [2.45, 2.75) is 39.5 Å². The molecule has 2 amide bonds. The number of rotatable bonds is 9. The molecule has 32 heavy (non-hydrogen) atoms. The number of carbonyl (C=O) groups is 2. The predicted molar refractivity (Wildman–Crippen MR) is 125 cm³/mol. The Morgan fingerprint density at radius 2 is 1.56 bits per heavy atom. The molecule has 0 bridgehead atoms. The lowest BCUT2D eigenvalue weighted by molar-refractivity contribution is -0.134. The van der Waals surface area contributed by atoms with Crippen molar-refractivity contribution >= 4 is 11.8 Å². The van der Waals surface area contributed by atoms with Crippen molar-refractivity contribution in [3.63, 3.8) is 0 Å². The molecular formula is C26H34N2O4. The predicted octanol–water partition coefficient (Wildman–Crippen LogP) is 3.86. The van der Waals surface area contributed by atoms with Gasteiger partial charge >= 0.3 is 0 Å². The van der Waals surface area contributed by atoms with Crippen LogP contribution < -0.4 is 9.47 Å². The molecule has 0 spiro atoms. The zero-order valence-electron chi connectivity index (χ0n) is 19.2. The lowest BCUT2D eigenvalue weighted by Crippen LogP contribution is -2.39. The Morgan fingerprint density at radius 3 is 2.28 bits per heavy atom. The van der Waals surface area contributed by atoms with Crippen LogP contribution in [0.5, 0.6) is 11.5 Å². The number of amides is 2. The van der Waals surface area contributed by atoms with E-state index in [1.807, 2.05) is 65.3 Å². The van der Waals surface area contributed by atoms with Gasteiger partial charge in [-0.3, -0.25) is 9.59 Å². The number of para-hydroxylation sites is 1. The second-order valence-electron chi connectivity index (χ2n) is 8.13. The summed E-state index contributed by atoms with van der Waals surface area (Å²) < 4.78 is 11.5. The first-order chi connectivity index (χ1) is 15.6. The highest BCUT2D eigenvalue weighted by Crippen LogP contribution is 2.18. The van der Waals surface area contributed by atoms with Crippen molar-refractivity contribution in [1.29, 1.82) is 0 Å². The summed E-state index contributed by atoms with van der Waals surface area (Å²) in [4.78, 5) is 28.9. The third kappa shape index (κ3) is 7.01. The summed E-state index contributed by atoms with van der Waals surface area (Å²) in [6, 6.07) is 15.7. The fourth-order valence-corrected chi connectivity index (χ4v) is 3.79. The first-order valence-corrected chi connectivity index (χ1v) is 11.5. The molecule has 0 unspecified atom stereocenters. The topological polar surface area (TPSA) is 59.1 Å². The summed E-state index contributed by atoms with van der Waals surface area (Å²) in [5, 5.41) is 0. The quantitative estimate of drug-likeness (QED) is 0.558. The molecule has 6 heteroatoms. The van der Waals surface area contributed by atoms with Crippen LogP contribution in [0, 0.1) is 6.92 Å². The second kappa shape index (κ2) is 12.1.